The van der Waals surface area contributed by atoms with Crippen molar-refractivity contribution in [3.05, 3.63) is 65.2 Å². The van der Waals surface area contributed by atoms with E-state index in [0.717, 1.165) is 24.3 Å². The van der Waals surface area contributed by atoms with Gasteiger partial charge in [-0.3, -0.25) is 14.4 Å². The molecule has 2 aromatic carbocycles. The van der Waals surface area contributed by atoms with Crippen molar-refractivity contribution < 1.29 is 37.4 Å². The molecule has 2 amide bonds. The van der Waals surface area contributed by atoms with Crippen LogP contribution in [0, 0.1) is 0 Å². The molecule has 3 atom stereocenters. The Morgan fingerprint density at radius 1 is 1.21 bits per heavy atom. The summed E-state index contributed by atoms with van der Waals surface area (Å²) in [5.41, 5.74) is -1.76. The van der Waals surface area contributed by atoms with Crippen molar-refractivity contribution in [2.24, 2.45) is 0 Å². The maximum Gasteiger partial charge on any atom is 0.416 e. The fourth-order valence-corrected chi connectivity index (χ4v) is 3.44. The van der Waals surface area contributed by atoms with E-state index in [9.17, 15) is 32.7 Å². The number of carbonyl (C=O) groups is 3. The number of aromatic hydroxyl groups is 1. The standard InChI is InChI=1S/C23H23F3N2O5/c1-13-22(2,19(30)12-33-13)28-21(32)18(11-14-4-3-5-17(29)10-14)27-20(31)15-6-8-16(9-7-15)23(24,25)26/h3-10,13,18,29H,11-12H2,1-2H3,(H,27,31)(H,28,32). The number of amides is 2. The fourth-order valence-electron chi connectivity index (χ4n) is 3.44. The largest absolute Gasteiger partial charge is 0.508 e. The first-order valence-corrected chi connectivity index (χ1v) is 10.1. The smallest absolute Gasteiger partial charge is 0.416 e. The number of benzene rings is 2. The van der Waals surface area contributed by atoms with Gasteiger partial charge in [0.05, 0.1) is 11.7 Å². The molecule has 0 saturated carbocycles. The lowest BCUT2D eigenvalue weighted by Crippen LogP contribution is -2.60. The minimum atomic E-state index is -4.55. The molecule has 1 saturated heterocycles. The van der Waals surface area contributed by atoms with Crippen LogP contribution in [-0.4, -0.2) is 47.0 Å². The average molecular weight is 464 g/mol. The van der Waals surface area contributed by atoms with Crippen LogP contribution in [0.25, 0.3) is 0 Å². The van der Waals surface area contributed by atoms with E-state index in [1.807, 2.05) is 0 Å². The van der Waals surface area contributed by atoms with Crippen LogP contribution in [0.2, 0.25) is 0 Å². The van der Waals surface area contributed by atoms with Crippen molar-refractivity contribution in [3.63, 3.8) is 0 Å². The molecule has 0 bridgehead atoms. The Kier molecular flexibility index (Phi) is 6.78. The van der Waals surface area contributed by atoms with Gasteiger partial charge in [-0.05, 0) is 55.8 Å². The van der Waals surface area contributed by atoms with Crippen molar-refractivity contribution in [2.75, 3.05) is 6.61 Å². The molecule has 1 aliphatic heterocycles. The van der Waals surface area contributed by atoms with E-state index in [0.29, 0.717) is 5.56 Å². The number of rotatable bonds is 6. The highest BCUT2D eigenvalue weighted by molar-refractivity contribution is 6.00. The third-order valence-corrected chi connectivity index (χ3v) is 5.69. The molecule has 3 N–H and O–H groups in total. The van der Waals surface area contributed by atoms with Crippen LogP contribution in [0.5, 0.6) is 5.75 Å². The van der Waals surface area contributed by atoms with Gasteiger partial charge in [-0.15, -0.1) is 0 Å². The molecule has 0 radical (unpaired) electrons. The van der Waals surface area contributed by atoms with Crippen molar-refractivity contribution in [3.8, 4) is 5.75 Å². The van der Waals surface area contributed by atoms with Gasteiger partial charge in [0.15, 0.2) is 5.78 Å². The molecule has 176 valence electrons. The Hall–Kier alpha value is -3.40. The minimum absolute atomic E-state index is 0.0356. The van der Waals surface area contributed by atoms with Gasteiger partial charge in [-0.1, -0.05) is 12.1 Å². The summed E-state index contributed by atoms with van der Waals surface area (Å²) < 4.78 is 43.7. The second-order valence-electron chi connectivity index (χ2n) is 8.04. The van der Waals surface area contributed by atoms with Crippen LogP contribution in [0.3, 0.4) is 0 Å². The molecule has 33 heavy (non-hydrogen) atoms. The van der Waals surface area contributed by atoms with Gasteiger partial charge in [0.1, 0.15) is 23.9 Å². The predicted molar refractivity (Wildman–Crippen MR) is 111 cm³/mol. The topological polar surface area (TPSA) is 105 Å². The second-order valence-corrected chi connectivity index (χ2v) is 8.04. The van der Waals surface area contributed by atoms with Crippen molar-refractivity contribution in [2.45, 2.75) is 44.1 Å². The summed E-state index contributed by atoms with van der Waals surface area (Å²) in [4.78, 5) is 38.1. The van der Waals surface area contributed by atoms with E-state index in [4.69, 9.17) is 4.74 Å². The Labute approximate surface area is 187 Å². The average Bonchev–Trinajstić information content (AvgIpc) is 2.99. The van der Waals surface area contributed by atoms with Crippen LogP contribution in [-0.2, 0) is 26.9 Å². The number of phenols is 1. The molecule has 7 nitrogen and oxygen atoms in total. The van der Waals surface area contributed by atoms with Gasteiger partial charge in [0, 0.05) is 12.0 Å². The number of carbonyl (C=O) groups excluding carboxylic acids is 3. The number of Topliss-reactive ketones (excluding diaryl/α,β-unsaturated/α-hetero) is 1. The van der Waals surface area contributed by atoms with Gasteiger partial charge < -0.3 is 20.5 Å². The van der Waals surface area contributed by atoms with Crippen molar-refractivity contribution >= 4 is 17.6 Å². The molecule has 1 fully saturated rings. The third kappa shape index (κ3) is 5.51. The summed E-state index contributed by atoms with van der Waals surface area (Å²) in [6.07, 6.45) is -5.18. The van der Waals surface area contributed by atoms with E-state index in [-0.39, 0.29) is 30.1 Å². The summed E-state index contributed by atoms with van der Waals surface area (Å²) in [6, 6.07) is 8.45. The van der Waals surface area contributed by atoms with Crippen LogP contribution >= 0.6 is 0 Å². The SMILES string of the molecule is CC1OCC(=O)C1(C)NC(=O)C(Cc1cccc(O)c1)NC(=O)c1ccc(C(F)(F)F)cc1. The lowest BCUT2D eigenvalue weighted by Gasteiger charge is -2.30. The summed E-state index contributed by atoms with van der Waals surface area (Å²) >= 11 is 0. The first-order chi connectivity index (χ1) is 15.4. The second kappa shape index (κ2) is 9.22. The molecule has 0 aliphatic carbocycles. The molecule has 0 spiro atoms. The number of ether oxygens (including phenoxy) is 1. The molecule has 2 aromatic rings. The van der Waals surface area contributed by atoms with E-state index in [1.165, 1.54) is 19.1 Å². The van der Waals surface area contributed by atoms with Gasteiger partial charge in [-0.25, -0.2) is 0 Å². The number of hydrogen-bond acceptors (Lipinski definition) is 5. The molecule has 1 heterocycles. The molecule has 3 unspecified atom stereocenters. The van der Waals surface area contributed by atoms with Crippen LogP contribution in [0.4, 0.5) is 13.2 Å². The molecular formula is C23H23F3N2O5. The lowest BCUT2D eigenvalue weighted by atomic mass is 9.92. The number of ketones is 1. The number of phenolic OH excluding ortho intramolecular Hbond substituents is 1. The number of hydrogen-bond donors (Lipinski definition) is 3. The number of alkyl halides is 3. The quantitative estimate of drug-likeness (QED) is 0.610. The van der Waals surface area contributed by atoms with Gasteiger partial charge >= 0.3 is 6.18 Å². The predicted octanol–water partition coefficient (Wildman–Crippen LogP) is 2.61. The summed E-state index contributed by atoms with van der Waals surface area (Å²) in [5, 5.41) is 14.9. The molecular weight excluding hydrogens is 441 g/mol. The Morgan fingerprint density at radius 2 is 1.88 bits per heavy atom. The van der Waals surface area contributed by atoms with Crippen molar-refractivity contribution in [1.82, 2.24) is 10.6 Å². The number of halogens is 3. The molecule has 1 aliphatic rings. The highest BCUT2D eigenvalue weighted by Gasteiger charge is 2.47. The maximum atomic E-state index is 13.1. The van der Waals surface area contributed by atoms with Gasteiger partial charge in [-0.2, -0.15) is 13.2 Å². The van der Waals surface area contributed by atoms with E-state index < -0.39 is 41.2 Å². The normalized spacial score (nSPS) is 21.5. The highest BCUT2D eigenvalue weighted by atomic mass is 19.4. The fraction of sp³-hybridized carbons (Fsp3) is 0.348. The molecule has 10 heteroatoms. The summed E-state index contributed by atoms with van der Waals surface area (Å²) in [5.74, 6) is -1.81. The van der Waals surface area contributed by atoms with Crippen molar-refractivity contribution in [1.29, 1.82) is 0 Å². The highest BCUT2D eigenvalue weighted by Crippen LogP contribution is 2.29. The maximum absolute atomic E-state index is 13.1. The van der Waals surface area contributed by atoms with Crippen LogP contribution in [0.15, 0.2) is 48.5 Å². The molecule has 0 aromatic heterocycles. The minimum Gasteiger partial charge on any atom is -0.508 e. The van der Waals surface area contributed by atoms with E-state index >= 15 is 0 Å². The summed E-state index contributed by atoms with van der Waals surface area (Å²) in [6.45, 7) is 3.00. The first kappa shape index (κ1) is 24.2. The van der Waals surface area contributed by atoms with Crippen LogP contribution in [0.1, 0.15) is 35.3 Å². The number of nitrogens with one attached hydrogen (secondary N) is 2. The first-order valence-electron chi connectivity index (χ1n) is 10.1. The van der Waals surface area contributed by atoms with Gasteiger partial charge in [0.2, 0.25) is 5.91 Å². The lowest BCUT2D eigenvalue weighted by molar-refractivity contribution is -0.137. The molecule has 3 rings (SSSR count). The monoisotopic (exact) mass is 464 g/mol. The Bertz CT molecular complexity index is 1050. The zero-order valence-corrected chi connectivity index (χ0v) is 17.9. The third-order valence-electron chi connectivity index (χ3n) is 5.69. The van der Waals surface area contributed by atoms with Gasteiger partial charge in [0.25, 0.3) is 5.91 Å². The zero-order chi connectivity index (χ0) is 24.4. The van der Waals surface area contributed by atoms with Crippen LogP contribution < -0.4 is 10.6 Å². The van der Waals surface area contributed by atoms with E-state index in [2.05, 4.69) is 10.6 Å². The Balaban J connectivity index is 1.82. The summed E-state index contributed by atoms with van der Waals surface area (Å²) in [7, 11) is 0. The zero-order valence-electron chi connectivity index (χ0n) is 17.9. The van der Waals surface area contributed by atoms with E-state index in [1.54, 1.807) is 19.1 Å². The Morgan fingerprint density at radius 3 is 2.42 bits per heavy atom.